The zero-order chi connectivity index (χ0) is 11.7. The Bertz CT molecular complexity index is 567. The minimum absolute atomic E-state index is 0.00836. The average Bonchev–Trinajstić information content (AvgIpc) is 2.52. The van der Waals surface area contributed by atoms with Gasteiger partial charge >= 0.3 is 5.69 Å². The van der Waals surface area contributed by atoms with Crippen LogP contribution in [-0.2, 0) is 14.1 Å². The van der Waals surface area contributed by atoms with Crippen molar-refractivity contribution in [3.8, 4) is 0 Å². The van der Waals surface area contributed by atoms with Crippen molar-refractivity contribution in [2.75, 3.05) is 18.4 Å². The van der Waals surface area contributed by atoms with Crippen molar-refractivity contribution in [1.29, 1.82) is 0 Å². The summed E-state index contributed by atoms with van der Waals surface area (Å²) in [6, 6.07) is 5.86. The van der Waals surface area contributed by atoms with Crippen molar-refractivity contribution >= 4 is 16.7 Å². The van der Waals surface area contributed by atoms with Gasteiger partial charge in [0.25, 0.3) is 0 Å². The quantitative estimate of drug-likeness (QED) is 0.779. The van der Waals surface area contributed by atoms with Crippen LogP contribution in [-0.4, -0.2) is 22.2 Å². The first-order chi connectivity index (χ1) is 7.65. The van der Waals surface area contributed by atoms with E-state index in [9.17, 15) is 4.79 Å². The largest absolute Gasteiger partial charge is 0.384 e. The minimum atomic E-state index is -0.00836. The van der Waals surface area contributed by atoms with Crippen molar-refractivity contribution in [2.24, 2.45) is 19.8 Å². The maximum absolute atomic E-state index is 11.7. The summed E-state index contributed by atoms with van der Waals surface area (Å²) in [5.41, 5.74) is 8.26. The molecule has 0 aliphatic carbocycles. The van der Waals surface area contributed by atoms with Gasteiger partial charge in [0.05, 0.1) is 11.0 Å². The molecule has 0 unspecified atom stereocenters. The summed E-state index contributed by atoms with van der Waals surface area (Å²) >= 11 is 0. The summed E-state index contributed by atoms with van der Waals surface area (Å²) in [7, 11) is 3.55. The summed E-state index contributed by atoms with van der Waals surface area (Å²) in [5, 5.41) is 3.19. The van der Waals surface area contributed by atoms with Gasteiger partial charge in [-0.15, -0.1) is 0 Å². The second-order valence-electron chi connectivity index (χ2n) is 3.82. The number of hydrogen-bond donors (Lipinski definition) is 2. The molecule has 16 heavy (non-hydrogen) atoms. The molecule has 0 spiro atoms. The first-order valence-electron chi connectivity index (χ1n) is 5.24. The molecule has 3 N–H and O–H groups in total. The third-order valence-electron chi connectivity index (χ3n) is 2.75. The molecule has 0 atom stereocenters. The molecule has 0 aliphatic rings. The number of fused-ring (bicyclic) bond motifs is 1. The smallest absolute Gasteiger partial charge is 0.328 e. The number of rotatable bonds is 3. The molecule has 1 aromatic carbocycles. The number of aromatic nitrogens is 2. The maximum Gasteiger partial charge on any atom is 0.328 e. The summed E-state index contributed by atoms with van der Waals surface area (Å²) in [6.07, 6.45) is 0. The fourth-order valence-electron chi connectivity index (χ4n) is 1.83. The highest BCUT2D eigenvalue weighted by molar-refractivity contribution is 5.80. The fraction of sp³-hybridized carbons (Fsp3) is 0.364. The lowest BCUT2D eigenvalue weighted by Gasteiger charge is -2.04. The molecule has 0 bridgehead atoms. The van der Waals surface area contributed by atoms with Gasteiger partial charge in [0, 0.05) is 32.9 Å². The molecule has 0 saturated heterocycles. The molecule has 86 valence electrons. The van der Waals surface area contributed by atoms with Crippen LogP contribution in [0, 0.1) is 0 Å². The lowest BCUT2D eigenvalue weighted by atomic mass is 10.2. The van der Waals surface area contributed by atoms with E-state index < -0.39 is 0 Å². The number of nitrogens with two attached hydrogens (primary N) is 1. The normalized spacial score (nSPS) is 10.9. The van der Waals surface area contributed by atoms with Gasteiger partial charge in [0.1, 0.15) is 0 Å². The summed E-state index contributed by atoms with van der Waals surface area (Å²) < 4.78 is 3.28. The number of nitrogens with one attached hydrogen (secondary N) is 1. The number of nitrogens with zero attached hydrogens (tertiary/aromatic N) is 2. The summed E-state index contributed by atoms with van der Waals surface area (Å²) in [5.74, 6) is 0. The zero-order valence-corrected chi connectivity index (χ0v) is 9.53. The van der Waals surface area contributed by atoms with Crippen molar-refractivity contribution in [3.63, 3.8) is 0 Å². The van der Waals surface area contributed by atoms with Crippen LogP contribution in [0.15, 0.2) is 23.0 Å². The second kappa shape index (κ2) is 4.02. The molecule has 0 amide bonds. The van der Waals surface area contributed by atoms with Crippen molar-refractivity contribution < 1.29 is 0 Å². The Balaban J connectivity index is 2.54. The Kier molecular flexibility index (Phi) is 2.70. The van der Waals surface area contributed by atoms with Crippen LogP contribution >= 0.6 is 0 Å². The highest BCUT2D eigenvalue weighted by atomic mass is 16.1. The van der Waals surface area contributed by atoms with Gasteiger partial charge in [0.15, 0.2) is 0 Å². The third kappa shape index (κ3) is 1.59. The van der Waals surface area contributed by atoms with Gasteiger partial charge < -0.3 is 11.1 Å². The van der Waals surface area contributed by atoms with Crippen molar-refractivity contribution in [1.82, 2.24) is 9.13 Å². The van der Waals surface area contributed by atoms with Gasteiger partial charge in [-0.05, 0) is 18.2 Å². The van der Waals surface area contributed by atoms with E-state index in [0.717, 1.165) is 23.3 Å². The molecule has 5 heteroatoms. The van der Waals surface area contributed by atoms with E-state index in [1.165, 1.54) is 0 Å². The molecule has 5 nitrogen and oxygen atoms in total. The zero-order valence-electron chi connectivity index (χ0n) is 9.53. The average molecular weight is 220 g/mol. The number of anilines is 1. The van der Waals surface area contributed by atoms with E-state index in [1.807, 2.05) is 18.2 Å². The Labute approximate surface area is 93.5 Å². The van der Waals surface area contributed by atoms with Gasteiger partial charge in [-0.3, -0.25) is 9.13 Å². The van der Waals surface area contributed by atoms with Gasteiger partial charge in [-0.1, -0.05) is 0 Å². The molecule has 0 saturated carbocycles. The summed E-state index contributed by atoms with van der Waals surface area (Å²) in [6.45, 7) is 1.32. The predicted octanol–water partition coefficient (Wildman–Crippen LogP) is 0.248. The Morgan fingerprint density at radius 2 is 1.94 bits per heavy atom. The molecule has 2 aromatic rings. The molecule has 0 radical (unpaired) electrons. The third-order valence-corrected chi connectivity index (χ3v) is 2.75. The minimum Gasteiger partial charge on any atom is -0.384 e. The van der Waals surface area contributed by atoms with Crippen molar-refractivity contribution in [3.05, 3.63) is 28.7 Å². The van der Waals surface area contributed by atoms with Crippen LogP contribution in [0.3, 0.4) is 0 Å². The van der Waals surface area contributed by atoms with Gasteiger partial charge in [-0.25, -0.2) is 4.79 Å². The SMILES string of the molecule is Cn1c(=O)n(C)c2cc(NCCN)ccc21. The van der Waals surface area contributed by atoms with E-state index in [-0.39, 0.29) is 5.69 Å². The van der Waals surface area contributed by atoms with Crippen molar-refractivity contribution in [2.45, 2.75) is 0 Å². The maximum atomic E-state index is 11.7. The Morgan fingerprint density at radius 3 is 2.62 bits per heavy atom. The number of imidazole rings is 1. The monoisotopic (exact) mass is 220 g/mol. The Hall–Kier alpha value is -1.75. The standard InChI is InChI=1S/C11H16N4O/c1-14-9-4-3-8(13-6-5-12)7-10(9)15(2)11(14)16/h3-4,7,13H,5-6,12H2,1-2H3. The molecule has 1 heterocycles. The van der Waals surface area contributed by atoms with Gasteiger partial charge in [0.2, 0.25) is 0 Å². The number of aryl methyl sites for hydroxylation is 2. The number of hydrogen-bond acceptors (Lipinski definition) is 3. The lowest BCUT2D eigenvalue weighted by Crippen LogP contribution is -2.19. The van der Waals surface area contributed by atoms with Crippen LogP contribution in [0.4, 0.5) is 5.69 Å². The molecular weight excluding hydrogens is 204 g/mol. The van der Waals surface area contributed by atoms with Crippen LogP contribution in [0.2, 0.25) is 0 Å². The predicted molar refractivity (Wildman–Crippen MR) is 65.7 cm³/mol. The van der Waals surface area contributed by atoms with Gasteiger partial charge in [-0.2, -0.15) is 0 Å². The Morgan fingerprint density at radius 1 is 1.25 bits per heavy atom. The molecule has 0 aliphatic heterocycles. The fourth-order valence-corrected chi connectivity index (χ4v) is 1.83. The highest BCUT2D eigenvalue weighted by Crippen LogP contribution is 2.17. The first-order valence-corrected chi connectivity index (χ1v) is 5.24. The summed E-state index contributed by atoms with van der Waals surface area (Å²) in [4.78, 5) is 11.7. The molecule has 0 fully saturated rings. The first kappa shape index (κ1) is 10.8. The topological polar surface area (TPSA) is 65.0 Å². The van der Waals surface area contributed by atoms with Crippen LogP contribution in [0.1, 0.15) is 0 Å². The molecule has 1 aromatic heterocycles. The van der Waals surface area contributed by atoms with E-state index in [0.29, 0.717) is 6.54 Å². The second-order valence-corrected chi connectivity index (χ2v) is 3.82. The van der Waals surface area contributed by atoms with E-state index in [2.05, 4.69) is 5.32 Å². The van der Waals surface area contributed by atoms with Crippen LogP contribution in [0.25, 0.3) is 11.0 Å². The van der Waals surface area contributed by atoms with E-state index in [4.69, 9.17) is 5.73 Å². The highest BCUT2D eigenvalue weighted by Gasteiger charge is 2.07. The van der Waals surface area contributed by atoms with Crippen LogP contribution in [0.5, 0.6) is 0 Å². The molecule has 2 rings (SSSR count). The molecular formula is C11H16N4O. The van der Waals surface area contributed by atoms with E-state index in [1.54, 1.807) is 23.2 Å². The van der Waals surface area contributed by atoms with E-state index >= 15 is 0 Å². The number of benzene rings is 1. The van der Waals surface area contributed by atoms with Crippen LogP contribution < -0.4 is 16.7 Å². The lowest BCUT2D eigenvalue weighted by molar-refractivity contribution is 0.795.